The highest BCUT2D eigenvalue weighted by Crippen LogP contribution is 2.27. The summed E-state index contributed by atoms with van der Waals surface area (Å²) in [4.78, 5) is 14.1. The first-order chi connectivity index (χ1) is 7.18. The maximum absolute atomic E-state index is 12.3. The molecule has 2 saturated heterocycles. The van der Waals surface area contributed by atoms with Gasteiger partial charge in [0, 0.05) is 13.1 Å². The molecule has 2 fully saturated rings. The van der Waals surface area contributed by atoms with Crippen LogP contribution < -0.4 is 5.32 Å². The van der Waals surface area contributed by atoms with Gasteiger partial charge in [0.1, 0.15) is 0 Å². The molecule has 0 saturated carbocycles. The molecule has 0 aromatic rings. The SMILES string of the molecule is CCC1(C(=O)N2CC[C@H](O)C2)CCCN1. The molecule has 86 valence electrons. The van der Waals surface area contributed by atoms with Gasteiger partial charge >= 0.3 is 0 Å². The number of aliphatic hydroxyl groups is 1. The molecule has 0 aliphatic carbocycles. The maximum Gasteiger partial charge on any atom is 0.242 e. The van der Waals surface area contributed by atoms with E-state index >= 15 is 0 Å². The molecule has 2 heterocycles. The van der Waals surface area contributed by atoms with Gasteiger partial charge in [0.25, 0.3) is 0 Å². The van der Waals surface area contributed by atoms with Crippen LogP contribution in [0.4, 0.5) is 0 Å². The first kappa shape index (κ1) is 10.9. The first-order valence-corrected chi connectivity index (χ1v) is 5.90. The second-order valence-corrected chi connectivity index (χ2v) is 4.66. The van der Waals surface area contributed by atoms with Crippen molar-refractivity contribution in [2.75, 3.05) is 19.6 Å². The molecule has 0 aromatic heterocycles. The minimum atomic E-state index is -0.329. The summed E-state index contributed by atoms with van der Waals surface area (Å²) in [5.41, 5.74) is -0.329. The van der Waals surface area contributed by atoms with Gasteiger partial charge in [-0.25, -0.2) is 0 Å². The highest BCUT2D eigenvalue weighted by molar-refractivity contribution is 5.87. The smallest absolute Gasteiger partial charge is 0.242 e. The number of aliphatic hydroxyl groups excluding tert-OH is 1. The van der Waals surface area contributed by atoms with Crippen molar-refractivity contribution in [3.05, 3.63) is 0 Å². The molecule has 2 N–H and O–H groups in total. The third kappa shape index (κ3) is 1.88. The largest absolute Gasteiger partial charge is 0.391 e. The highest BCUT2D eigenvalue weighted by Gasteiger charge is 2.43. The van der Waals surface area contributed by atoms with E-state index in [2.05, 4.69) is 12.2 Å². The van der Waals surface area contributed by atoms with E-state index < -0.39 is 0 Å². The molecule has 1 amide bonds. The number of likely N-dealkylation sites (tertiary alicyclic amines) is 1. The zero-order valence-corrected chi connectivity index (χ0v) is 9.33. The van der Waals surface area contributed by atoms with Crippen LogP contribution in [0, 0.1) is 0 Å². The lowest BCUT2D eigenvalue weighted by molar-refractivity contribution is -0.137. The number of hydrogen-bond donors (Lipinski definition) is 2. The molecule has 15 heavy (non-hydrogen) atoms. The molecule has 2 aliphatic rings. The number of β-amino-alcohol motifs (C(OH)–C–C–N with tert-alkyl or cyclic N) is 1. The summed E-state index contributed by atoms with van der Waals surface area (Å²) in [6.07, 6.45) is 3.28. The van der Waals surface area contributed by atoms with Gasteiger partial charge in [0.2, 0.25) is 5.91 Å². The van der Waals surface area contributed by atoms with Crippen LogP contribution in [0.3, 0.4) is 0 Å². The molecule has 0 bridgehead atoms. The normalized spacial score (nSPS) is 36.1. The molecular formula is C11H20N2O2. The average molecular weight is 212 g/mol. The lowest BCUT2D eigenvalue weighted by atomic mass is 9.92. The number of amides is 1. The lowest BCUT2D eigenvalue weighted by Gasteiger charge is -2.31. The summed E-state index contributed by atoms with van der Waals surface area (Å²) < 4.78 is 0. The Balaban J connectivity index is 2.05. The monoisotopic (exact) mass is 212 g/mol. The van der Waals surface area contributed by atoms with E-state index in [0.29, 0.717) is 13.1 Å². The Labute approximate surface area is 90.6 Å². The second-order valence-electron chi connectivity index (χ2n) is 4.66. The predicted octanol–water partition coefficient (Wildman–Crippen LogP) is 0.112. The van der Waals surface area contributed by atoms with Crippen LogP contribution in [0.1, 0.15) is 32.6 Å². The Morgan fingerprint density at radius 3 is 2.93 bits per heavy atom. The van der Waals surface area contributed by atoms with Gasteiger partial charge in [-0.1, -0.05) is 6.92 Å². The van der Waals surface area contributed by atoms with Crippen LogP contribution >= 0.6 is 0 Å². The Morgan fingerprint density at radius 1 is 1.67 bits per heavy atom. The van der Waals surface area contributed by atoms with Gasteiger partial charge in [0.15, 0.2) is 0 Å². The van der Waals surface area contributed by atoms with Crippen molar-refractivity contribution in [1.29, 1.82) is 0 Å². The summed E-state index contributed by atoms with van der Waals surface area (Å²) in [5.74, 6) is 0.194. The minimum Gasteiger partial charge on any atom is -0.391 e. The first-order valence-electron chi connectivity index (χ1n) is 5.90. The van der Waals surface area contributed by atoms with E-state index in [-0.39, 0.29) is 17.6 Å². The fourth-order valence-electron chi connectivity index (χ4n) is 2.67. The third-order valence-electron chi connectivity index (χ3n) is 3.71. The van der Waals surface area contributed by atoms with Gasteiger partial charge in [0.05, 0.1) is 11.6 Å². The van der Waals surface area contributed by atoms with Crippen LogP contribution in [0.5, 0.6) is 0 Å². The molecule has 0 radical (unpaired) electrons. The molecule has 0 spiro atoms. The quantitative estimate of drug-likeness (QED) is 0.683. The van der Waals surface area contributed by atoms with E-state index in [1.54, 1.807) is 0 Å². The molecular weight excluding hydrogens is 192 g/mol. The molecule has 1 unspecified atom stereocenters. The third-order valence-corrected chi connectivity index (χ3v) is 3.71. The van der Waals surface area contributed by atoms with Crippen LogP contribution in [-0.2, 0) is 4.79 Å². The molecule has 2 atom stereocenters. The minimum absolute atomic E-state index is 0.194. The summed E-state index contributed by atoms with van der Waals surface area (Å²) in [6, 6.07) is 0. The predicted molar refractivity (Wildman–Crippen MR) is 57.5 cm³/mol. The Bertz CT molecular complexity index is 249. The van der Waals surface area contributed by atoms with E-state index in [1.807, 2.05) is 4.90 Å². The summed E-state index contributed by atoms with van der Waals surface area (Å²) in [6.45, 7) is 4.23. The zero-order valence-electron chi connectivity index (χ0n) is 9.33. The summed E-state index contributed by atoms with van der Waals surface area (Å²) in [7, 11) is 0. The Morgan fingerprint density at radius 2 is 2.47 bits per heavy atom. The van der Waals surface area contributed by atoms with Crippen molar-refractivity contribution in [1.82, 2.24) is 10.2 Å². The molecule has 4 heteroatoms. The number of hydrogen-bond acceptors (Lipinski definition) is 3. The summed E-state index contributed by atoms with van der Waals surface area (Å²) >= 11 is 0. The van der Waals surface area contributed by atoms with Crippen molar-refractivity contribution in [3.63, 3.8) is 0 Å². The highest BCUT2D eigenvalue weighted by atomic mass is 16.3. The molecule has 2 aliphatic heterocycles. The molecule has 4 nitrogen and oxygen atoms in total. The average Bonchev–Trinajstić information content (AvgIpc) is 2.86. The van der Waals surface area contributed by atoms with Gasteiger partial charge in [-0.2, -0.15) is 0 Å². The number of rotatable bonds is 2. The van der Waals surface area contributed by atoms with Crippen LogP contribution in [0.15, 0.2) is 0 Å². The van der Waals surface area contributed by atoms with Gasteiger partial charge in [-0.3, -0.25) is 4.79 Å². The van der Waals surface area contributed by atoms with Gasteiger partial charge in [-0.05, 0) is 32.2 Å². The Hall–Kier alpha value is -0.610. The fraction of sp³-hybridized carbons (Fsp3) is 0.909. The second kappa shape index (κ2) is 4.10. The van der Waals surface area contributed by atoms with E-state index in [9.17, 15) is 9.90 Å². The van der Waals surface area contributed by atoms with Crippen molar-refractivity contribution < 1.29 is 9.90 Å². The molecule has 2 rings (SSSR count). The summed E-state index contributed by atoms with van der Waals surface area (Å²) in [5, 5.41) is 12.8. The van der Waals surface area contributed by atoms with Gasteiger partial charge < -0.3 is 15.3 Å². The number of carbonyl (C=O) groups is 1. The number of carbonyl (C=O) groups excluding carboxylic acids is 1. The fourth-order valence-corrected chi connectivity index (χ4v) is 2.67. The van der Waals surface area contributed by atoms with E-state index in [1.165, 1.54) is 0 Å². The lowest BCUT2D eigenvalue weighted by Crippen LogP contribution is -2.54. The van der Waals surface area contributed by atoms with Gasteiger partial charge in [-0.15, -0.1) is 0 Å². The maximum atomic E-state index is 12.3. The standard InChI is InChI=1S/C11H20N2O2/c1-2-11(5-3-6-12-11)10(15)13-7-4-9(14)8-13/h9,12,14H,2-8H2,1H3/t9-,11?/m0/s1. The van der Waals surface area contributed by atoms with Crippen molar-refractivity contribution in [3.8, 4) is 0 Å². The topological polar surface area (TPSA) is 52.6 Å². The number of nitrogens with zero attached hydrogens (tertiary/aromatic N) is 1. The van der Waals surface area contributed by atoms with Crippen molar-refractivity contribution in [2.24, 2.45) is 0 Å². The van der Waals surface area contributed by atoms with E-state index in [4.69, 9.17) is 0 Å². The van der Waals surface area contributed by atoms with E-state index in [0.717, 1.165) is 32.2 Å². The molecule has 0 aromatic carbocycles. The number of nitrogens with one attached hydrogen (secondary N) is 1. The zero-order chi connectivity index (χ0) is 10.9. The van der Waals surface area contributed by atoms with Crippen LogP contribution in [0.25, 0.3) is 0 Å². The van der Waals surface area contributed by atoms with Crippen molar-refractivity contribution in [2.45, 2.75) is 44.2 Å². The van der Waals surface area contributed by atoms with Crippen LogP contribution in [-0.4, -0.2) is 47.2 Å². The van der Waals surface area contributed by atoms with Crippen molar-refractivity contribution >= 4 is 5.91 Å². The Kier molecular flexibility index (Phi) is 2.98. The van der Waals surface area contributed by atoms with Crippen LogP contribution in [0.2, 0.25) is 0 Å².